The first kappa shape index (κ1) is 12.2. The van der Waals surface area contributed by atoms with Crippen LogP contribution in [0.1, 0.15) is 5.76 Å². The fraction of sp³-hybridized carbons (Fsp3) is 0.364. The number of nitrogens with zero attached hydrogens (tertiary/aromatic N) is 4. The van der Waals surface area contributed by atoms with Crippen LogP contribution in [0.2, 0.25) is 0 Å². The maximum atomic E-state index is 5.23. The van der Waals surface area contributed by atoms with Crippen LogP contribution < -0.4 is 15.5 Å². The molecule has 2 aromatic heterocycles. The molecule has 2 rings (SSSR count). The van der Waals surface area contributed by atoms with E-state index < -0.39 is 0 Å². The van der Waals surface area contributed by atoms with E-state index in [1.165, 1.54) is 0 Å². The summed E-state index contributed by atoms with van der Waals surface area (Å²) in [5.41, 5.74) is 0. The molecule has 7 nitrogen and oxygen atoms in total. The predicted octanol–water partition coefficient (Wildman–Crippen LogP) is 1.18. The first-order valence-electron chi connectivity index (χ1n) is 5.56. The Kier molecular flexibility index (Phi) is 3.61. The summed E-state index contributed by atoms with van der Waals surface area (Å²) in [5.74, 6) is 2.45. The molecule has 2 aromatic rings. The summed E-state index contributed by atoms with van der Waals surface area (Å²) < 4.78 is 5.23. The van der Waals surface area contributed by atoms with Crippen LogP contribution in [0.3, 0.4) is 0 Å². The zero-order valence-electron chi connectivity index (χ0n) is 10.6. The van der Waals surface area contributed by atoms with E-state index in [0.29, 0.717) is 24.4 Å². The van der Waals surface area contributed by atoms with Crippen molar-refractivity contribution in [2.45, 2.75) is 6.54 Å². The second kappa shape index (κ2) is 5.35. The lowest BCUT2D eigenvalue weighted by Crippen LogP contribution is -2.16. The zero-order valence-corrected chi connectivity index (χ0v) is 10.6. The third-order valence-electron chi connectivity index (χ3n) is 2.25. The standard InChI is InChI=1S/C11H16N6O/c1-12-9-14-10(16-11(15-9)17(2)3)13-7-8-5-4-6-18-8/h4-6H,7H2,1-3H3,(H2,12,13,14,15,16). The van der Waals surface area contributed by atoms with Crippen LogP contribution >= 0.6 is 0 Å². The van der Waals surface area contributed by atoms with Crippen molar-refractivity contribution < 1.29 is 4.42 Å². The van der Waals surface area contributed by atoms with Gasteiger partial charge in [0.15, 0.2) is 0 Å². The van der Waals surface area contributed by atoms with Crippen molar-refractivity contribution >= 4 is 17.8 Å². The second-order valence-electron chi connectivity index (χ2n) is 3.86. The van der Waals surface area contributed by atoms with E-state index in [0.717, 1.165) is 5.76 Å². The summed E-state index contributed by atoms with van der Waals surface area (Å²) >= 11 is 0. The minimum absolute atomic E-state index is 0.509. The molecule has 0 fully saturated rings. The van der Waals surface area contributed by atoms with Gasteiger partial charge in [-0.25, -0.2) is 0 Å². The molecule has 0 aliphatic heterocycles. The predicted molar refractivity (Wildman–Crippen MR) is 69.7 cm³/mol. The van der Waals surface area contributed by atoms with Crippen LogP contribution in [-0.4, -0.2) is 36.1 Å². The van der Waals surface area contributed by atoms with Gasteiger partial charge in [0.05, 0.1) is 12.8 Å². The fourth-order valence-electron chi connectivity index (χ4n) is 1.33. The van der Waals surface area contributed by atoms with E-state index >= 15 is 0 Å². The second-order valence-corrected chi connectivity index (χ2v) is 3.86. The molecule has 0 bridgehead atoms. The Morgan fingerprint density at radius 1 is 1.22 bits per heavy atom. The van der Waals surface area contributed by atoms with Crippen molar-refractivity contribution in [2.24, 2.45) is 0 Å². The summed E-state index contributed by atoms with van der Waals surface area (Å²) in [5, 5.41) is 6.00. The van der Waals surface area contributed by atoms with E-state index in [4.69, 9.17) is 4.42 Å². The van der Waals surface area contributed by atoms with Crippen LogP contribution in [0.25, 0.3) is 0 Å². The summed E-state index contributed by atoms with van der Waals surface area (Å²) in [6, 6.07) is 3.73. The van der Waals surface area contributed by atoms with Gasteiger partial charge in [0, 0.05) is 21.1 Å². The first-order chi connectivity index (χ1) is 8.69. The SMILES string of the molecule is CNc1nc(NCc2ccco2)nc(N(C)C)n1. The van der Waals surface area contributed by atoms with Crippen molar-refractivity contribution in [1.29, 1.82) is 0 Å². The summed E-state index contributed by atoms with van der Waals surface area (Å²) in [4.78, 5) is 14.6. The molecule has 0 atom stereocenters. The normalized spacial score (nSPS) is 10.2. The van der Waals surface area contributed by atoms with Gasteiger partial charge in [-0.2, -0.15) is 15.0 Å². The minimum atomic E-state index is 0.509. The topological polar surface area (TPSA) is 79.1 Å². The first-order valence-corrected chi connectivity index (χ1v) is 5.56. The van der Waals surface area contributed by atoms with Gasteiger partial charge in [-0.3, -0.25) is 0 Å². The summed E-state index contributed by atoms with van der Waals surface area (Å²) in [6.45, 7) is 0.535. The van der Waals surface area contributed by atoms with Crippen molar-refractivity contribution in [2.75, 3.05) is 36.7 Å². The highest BCUT2D eigenvalue weighted by molar-refractivity contribution is 5.42. The molecule has 0 aromatic carbocycles. The average molecular weight is 248 g/mol. The molecule has 0 radical (unpaired) electrons. The van der Waals surface area contributed by atoms with E-state index in [-0.39, 0.29) is 0 Å². The van der Waals surface area contributed by atoms with Crippen LogP contribution in [0, 0.1) is 0 Å². The lowest BCUT2D eigenvalue weighted by atomic mass is 10.4. The van der Waals surface area contributed by atoms with Gasteiger partial charge >= 0.3 is 0 Å². The number of anilines is 3. The average Bonchev–Trinajstić information content (AvgIpc) is 2.89. The van der Waals surface area contributed by atoms with Gasteiger partial charge in [0.2, 0.25) is 17.8 Å². The van der Waals surface area contributed by atoms with Gasteiger partial charge in [0.25, 0.3) is 0 Å². The Hall–Kier alpha value is -2.31. The maximum Gasteiger partial charge on any atom is 0.231 e. The number of aromatic nitrogens is 3. The zero-order chi connectivity index (χ0) is 13.0. The molecule has 7 heteroatoms. The van der Waals surface area contributed by atoms with Crippen LogP contribution in [0.15, 0.2) is 22.8 Å². The number of hydrogen-bond acceptors (Lipinski definition) is 7. The Bertz CT molecular complexity index is 496. The van der Waals surface area contributed by atoms with Crippen molar-refractivity contribution in [3.8, 4) is 0 Å². The largest absolute Gasteiger partial charge is 0.467 e. The Morgan fingerprint density at radius 2 is 2.00 bits per heavy atom. The van der Waals surface area contributed by atoms with Crippen LogP contribution in [-0.2, 0) is 6.54 Å². The van der Waals surface area contributed by atoms with Gasteiger partial charge in [-0.15, -0.1) is 0 Å². The monoisotopic (exact) mass is 248 g/mol. The van der Waals surface area contributed by atoms with E-state index in [2.05, 4.69) is 25.6 Å². The third kappa shape index (κ3) is 2.88. The van der Waals surface area contributed by atoms with Crippen LogP contribution in [0.5, 0.6) is 0 Å². The van der Waals surface area contributed by atoms with Gasteiger partial charge in [0.1, 0.15) is 5.76 Å². The third-order valence-corrected chi connectivity index (χ3v) is 2.25. The highest BCUT2D eigenvalue weighted by Gasteiger charge is 2.07. The molecule has 18 heavy (non-hydrogen) atoms. The Labute approximate surface area is 105 Å². The number of rotatable bonds is 5. The van der Waals surface area contributed by atoms with Gasteiger partial charge in [-0.05, 0) is 12.1 Å². The molecule has 0 amide bonds. The molecule has 0 saturated heterocycles. The van der Waals surface area contributed by atoms with Gasteiger partial charge in [-0.1, -0.05) is 0 Å². The molecule has 0 saturated carbocycles. The number of hydrogen-bond donors (Lipinski definition) is 2. The Morgan fingerprint density at radius 3 is 2.61 bits per heavy atom. The molecule has 0 spiro atoms. The van der Waals surface area contributed by atoms with Crippen molar-refractivity contribution in [3.05, 3.63) is 24.2 Å². The molecule has 96 valence electrons. The van der Waals surface area contributed by atoms with Crippen LogP contribution in [0.4, 0.5) is 17.8 Å². The Balaban J connectivity index is 2.13. The molecule has 0 aliphatic carbocycles. The highest BCUT2D eigenvalue weighted by atomic mass is 16.3. The van der Waals surface area contributed by atoms with E-state index in [1.807, 2.05) is 31.1 Å². The molecule has 2 N–H and O–H groups in total. The lowest BCUT2D eigenvalue weighted by Gasteiger charge is -2.12. The van der Waals surface area contributed by atoms with Crippen molar-refractivity contribution in [1.82, 2.24) is 15.0 Å². The molecule has 2 heterocycles. The quantitative estimate of drug-likeness (QED) is 0.822. The smallest absolute Gasteiger partial charge is 0.231 e. The minimum Gasteiger partial charge on any atom is -0.467 e. The molecular formula is C11H16N6O. The maximum absolute atomic E-state index is 5.23. The molecule has 0 aliphatic rings. The van der Waals surface area contributed by atoms with Gasteiger partial charge < -0.3 is 20.0 Å². The summed E-state index contributed by atoms with van der Waals surface area (Å²) in [6.07, 6.45) is 1.63. The highest BCUT2D eigenvalue weighted by Crippen LogP contribution is 2.12. The lowest BCUT2D eigenvalue weighted by molar-refractivity contribution is 0.517. The van der Waals surface area contributed by atoms with E-state index in [1.54, 1.807) is 13.3 Å². The summed E-state index contributed by atoms with van der Waals surface area (Å²) in [7, 11) is 5.53. The molecule has 0 unspecified atom stereocenters. The molecular weight excluding hydrogens is 232 g/mol. The number of nitrogens with one attached hydrogen (secondary N) is 2. The number of furan rings is 1. The van der Waals surface area contributed by atoms with Crippen molar-refractivity contribution in [3.63, 3.8) is 0 Å². The van der Waals surface area contributed by atoms with E-state index in [9.17, 15) is 0 Å². The fourth-order valence-corrected chi connectivity index (χ4v) is 1.33.